The molecule has 0 radical (unpaired) electrons. The van der Waals surface area contributed by atoms with Crippen molar-refractivity contribution in [2.24, 2.45) is 5.84 Å². The highest BCUT2D eigenvalue weighted by molar-refractivity contribution is 5.54. The Labute approximate surface area is 96.7 Å². The van der Waals surface area contributed by atoms with Crippen LogP contribution < -0.4 is 20.7 Å². The molecular formula is C12H20N2O2. The van der Waals surface area contributed by atoms with E-state index in [2.05, 4.69) is 19.3 Å². The quantitative estimate of drug-likeness (QED) is 0.552. The van der Waals surface area contributed by atoms with Gasteiger partial charge in [-0.1, -0.05) is 13.8 Å². The number of ether oxygens (including phenoxy) is 2. The fourth-order valence-corrected chi connectivity index (χ4v) is 1.25. The maximum atomic E-state index is 5.61. The summed E-state index contributed by atoms with van der Waals surface area (Å²) in [6, 6.07) is 5.58. The van der Waals surface area contributed by atoms with Crippen LogP contribution in [0, 0.1) is 0 Å². The van der Waals surface area contributed by atoms with Crippen molar-refractivity contribution >= 4 is 5.69 Å². The number of hydrogen-bond donors (Lipinski definition) is 2. The predicted octanol–water partition coefficient (Wildman–Crippen LogP) is 2.55. The van der Waals surface area contributed by atoms with Gasteiger partial charge in [-0.05, 0) is 25.0 Å². The van der Waals surface area contributed by atoms with E-state index in [1.165, 1.54) is 0 Å². The summed E-state index contributed by atoms with van der Waals surface area (Å²) >= 11 is 0. The van der Waals surface area contributed by atoms with E-state index in [4.69, 9.17) is 15.3 Å². The van der Waals surface area contributed by atoms with E-state index in [1.807, 2.05) is 18.2 Å². The van der Waals surface area contributed by atoms with E-state index in [0.717, 1.165) is 30.0 Å². The molecule has 0 aromatic heterocycles. The fourth-order valence-electron chi connectivity index (χ4n) is 1.25. The van der Waals surface area contributed by atoms with Crippen molar-refractivity contribution in [2.45, 2.75) is 26.7 Å². The third-order valence-electron chi connectivity index (χ3n) is 2.03. The Morgan fingerprint density at radius 1 is 1.06 bits per heavy atom. The average Bonchev–Trinajstić information content (AvgIpc) is 2.34. The third-order valence-corrected chi connectivity index (χ3v) is 2.03. The van der Waals surface area contributed by atoms with Crippen LogP contribution >= 0.6 is 0 Å². The molecule has 0 aliphatic heterocycles. The van der Waals surface area contributed by atoms with E-state index in [0.29, 0.717) is 13.2 Å². The van der Waals surface area contributed by atoms with Crippen molar-refractivity contribution in [2.75, 3.05) is 18.6 Å². The molecule has 0 aliphatic rings. The smallest absolute Gasteiger partial charge is 0.163 e. The minimum absolute atomic E-state index is 0.677. The Hall–Kier alpha value is -1.42. The number of anilines is 1. The van der Waals surface area contributed by atoms with E-state index in [9.17, 15) is 0 Å². The molecule has 1 aromatic carbocycles. The molecule has 0 bridgehead atoms. The molecule has 0 atom stereocenters. The van der Waals surface area contributed by atoms with Gasteiger partial charge in [0.1, 0.15) is 0 Å². The van der Waals surface area contributed by atoms with Gasteiger partial charge in [0.05, 0.1) is 18.9 Å². The second kappa shape index (κ2) is 6.95. The first-order chi connectivity index (χ1) is 7.81. The van der Waals surface area contributed by atoms with Gasteiger partial charge >= 0.3 is 0 Å². The molecule has 16 heavy (non-hydrogen) atoms. The van der Waals surface area contributed by atoms with Crippen LogP contribution in [0.25, 0.3) is 0 Å². The maximum absolute atomic E-state index is 5.61. The zero-order valence-corrected chi connectivity index (χ0v) is 9.95. The van der Waals surface area contributed by atoms with E-state index < -0.39 is 0 Å². The van der Waals surface area contributed by atoms with Crippen LogP contribution in [0.15, 0.2) is 18.2 Å². The molecule has 1 aromatic rings. The van der Waals surface area contributed by atoms with E-state index >= 15 is 0 Å². The molecule has 0 heterocycles. The summed E-state index contributed by atoms with van der Waals surface area (Å²) in [7, 11) is 0. The largest absolute Gasteiger partial charge is 0.490 e. The summed E-state index contributed by atoms with van der Waals surface area (Å²) in [6.45, 7) is 5.51. The SMILES string of the molecule is CCCOc1ccc(NN)cc1OCCC. The Kier molecular flexibility index (Phi) is 5.50. The van der Waals surface area contributed by atoms with Crippen LogP contribution in [0.2, 0.25) is 0 Å². The summed E-state index contributed by atoms with van der Waals surface area (Å²) < 4.78 is 11.2. The molecule has 0 aliphatic carbocycles. The molecule has 4 heteroatoms. The normalized spacial score (nSPS) is 9.94. The first-order valence-corrected chi connectivity index (χ1v) is 5.68. The highest BCUT2D eigenvalue weighted by atomic mass is 16.5. The van der Waals surface area contributed by atoms with Gasteiger partial charge in [0.2, 0.25) is 0 Å². The molecule has 3 N–H and O–H groups in total. The maximum Gasteiger partial charge on any atom is 0.163 e. The van der Waals surface area contributed by atoms with Crippen molar-refractivity contribution in [1.29, 1.82) is 0 Å². The molecule has 1 rings (SSSR count). The van der Waals surface area contributed by atoms with E-state index in [-0.39, 0.29) is 0 Å². The molecule has 0 spiro atoms. The number of rotatable bonds is 7. The number of nitrogen functional groups attached to an aromatic ring is 1. The molecule has 90 valence electrons. The Morgan fingerprint density at radius 2 is 1.69 bits per heavy atom. The minimum atomic E-state index is 0.677. The zero-order valence-electron chi connectivity index (χ0n) is 9.95. The van der Waals surface area contributed by atoms with Crippen LogP contribution in [-0.4, -0.2) is 13.2 Å². The lowest BCUT2D eigenvalue weighted by atomic mass is 10.3. The summed E-state index contributed by atoms with van der Waals surface area (Å²) in [5.41, 5.74) is 3.41. The van der Waals surface area contributed by atoms with Gasteiger partial charge in [-0.2, -0.15) is 0 Å². The van der Waals surface area contributed by atoms with Gasteiger partial charge < -0.3 is 14.9 Å². The van der Waals surface area contributed by atoms with Crippen molar-refractivity contribution in [1.82, 2.24) is 0 Å². The molecule has 0 fully saturated rings. The van der Waals surface area contributed by atoms with Crippen LogP contribution in [0.4, 0.5) is 5.69 Å². The summed E-state index contributed by atoms with van der Waals surface area (Å²) in [6.07, 6.45) is 1.94. The Bertz CT molecular complexity index is 316. The van der Waals surface area contributed by atoms with Gasteiger partial charge in [-0.3, -0.25) is 5.84 Å². The topological polar surface area (TPSA) is 56.5 Å². The Balaban J connectivity index is 2.78. The molecule has 0 amide bonds. The number of benzene rings is 1. The van der Waals surface area contributed by atoms with Crippen molar-refractivity contribution < 1.29 is 9.47 Å². The van der Waals surface area contributed by atoms with Crippen molar-refractivity contribution in [3.05, 3.63) is 18.2 Å². The highest BCUT2D eigenvalue weighted by Gasteiger charge is 2.05. The predicted molar refractivity (Wildman–Crippen MR) is 65.8 cm³/mol. The first kappa shape index (κ1) is 12.6. The third kappa shape index (κ3) is 3.62. The van der Waals surface area contributed by atoms with Gasteiger partial charge in [-0.15, -0.1) is 0 Å². The molecule has 0 unspecified atom stereocenters. The summed E-state index contributed by atoms with van der Waals surface area (Å²) in [5.74, 6) is 6.87. The minimum Gasteiger partial charge on any atom is -0.490 e. The average molecular weight is 224 g/mol. The van der Waals surface area contributed by atoms with Gasteiger partial charge in [0.15, 0.2) is 11.5 Å². The summed E-state index contributed by atoms with van der Waals surface area (Å²) in [5, 5.41) is 0. The zero-order chi connectivity index (χ0) is 11.8. The van der Waals surface area contributed by atoms with Crippen LogP contribution in [0.1, 0.15) is 26.7 Å². The standard InChI is InChI=1S/C12H20N2O2/c1-3-7-15-11-6-5-10(14-13)9-12(11)16-8-4-2/h5-6,9,14H,3-4,7-8,13H2,1-2H3. The monoisotopic (exact) mass is 224 g/mol. The van der Waals surface area contributed by atoms with Crippen LogP contribution in [0.3, 0.4) is 0 Å². The van der Waals surface area contributed by atoms with Gasteiger partial charge in [0.25, 0.3) is 0 Å². The van der Waals surface area contributed by atoms with Crippen LogP contribution in [0.5, 0.6) is 11.5 Å². The summed E-state index contributed by atoms with van der Waals surface area (Å²) in [4.78, 5) is 0. The van der Waals surface area contributed by atoms with Crippen LogP contribution in [-0.2, 0) is 0 Å². The molecule has 4 nitrogen and oxygen atoms in total. The first-order valence-electron chi connectivity index (χ1n) is 5.68. The van der Waals surface area contributed by atoms with Gasteiger partial charge in [0, 0.05) is 6.07 Å². The van der Waals surface area contributed by atoms with Crippen molar-refractivity contribution in [3.8, 4) is 11.5 Å². The molecule has 0 saturated heterocycles. The second-order valence-electron chi connectivity index (χ2n) is 3.50. The highest BCUT2D eigenvalue weighted by Crippen LogP contribution is 2.30. The van der Waals surface area contributed by atoms with Gasteiger partial charge in [-0.25, -0.2) is 0 Å². The number of hydrazine groups is 1. The fraction of sp³-hybridized carbons (Fsp3) is 0.500. The molecular weight excluding hydrogens is 204 g/mol. The lowest BCUT2D eigenvalue weighted by molar-refractivity contribution is 0.268. The number of nitrogens with one attached hydrogen (secondary N) is 1. The Morgan fingerprint density at radius 3 is 2.25 bits per heavy atom. The van der Waals surface area contributed by atoms with Crippen molar-refractivity contribution in [3.63, 3.8) is 0 Å². The second-order valence-corrected chi connectivity index (χ2v) is 3.50. The lowest BCUT2D eigenvalue weighted by Gasteiger charge is -2.13. The lowest BCUT2D eigenvalue weighted by Crippen LogP contribution is -2.07. The number of nitrogens with two attached hydrogens (primary N) is 1. The van der Waals surface area contributed by atoms with E-state index in [1.54, 1.807) is 0 Å². The number of hydrogen-bond acceptors (Lipinski definition) is 4. The molecule has 0 saturated carbocycles.